The van der Waals surface area contributed by atoms with Crippen LogP contribution < -0.4 is 10.5 Å². The van der Waals surface area contributed by atoms with Gasteiger partial charge in [0.1, 0.15) is 18.2 Å². The van der Waals surface area contributed by atoms with Crippen LogP contribution in [0, 0.1) is 0 Å². The molecule has 2 aromatic heterocycles. The molecule has 4 aromatic rings. The lowest BCUT2D eigenvalue weighted by atomic mass is 10.1. The number of nitrogens with one attached hydrogen (secondary N) is 1. The summed E-state index contributed by atoms with van der Waals surface area (Å²) in [4.78, 5) is 8.80. The molecular weight excluding hydrogens is 318 g/mol. The van der Waals surface area contributed by atoms with Gasteiger partial charge in [0.05, 0.1) is 16.9 Å². The number of aromatic nitrogens is 1. The molecule has 0 fully saturated rings. The lowest BCUT2D eigenvalue weighted by molar-refractivity contribution is 0.333. The summed E-state index contributed by atoms with van der Waals surface area (Å²) in [5.41, 5.74) is 8.16. The average molecular weight is 335 g/mol. The number of rotatable bonds is 5. The Bertz CT molecular complexity index is 1000. The molecule has 4 nitrogen and oxygen atoms in total. The van der Waals surface area contributed by atoms with E-state index in [1.165, 1.54) is 5.39 Å². The van der Waals surface area contributed by atoms with Gasteiger partial charge >= 0.3 is 0 Å². The molecule has 0 atom stereocenters. The minimum Gasteiger partial charge on any atom is -0.491 e. The molecule has 0 aliphatic rings. The lowest BCUT2D eigenvalue weighted by Gasteiger charge is -2.06. The van der Waals surface area contributed by atoms with Crippen molar-refractivity contribution in [3.8, 4) is 5.75 Å². The van der Waals surface area contributed by atoms with E-state index in [-0.39, 0.29) is 0 Å². The highest BCUT2D eigenvalue weighted by Crippen LogP contribution is 2.32. The number of benzene rings is 2. The second kappa shape index (κ2) is 6.37. The van der Waals surface area contributed by atoms with Gasteiger partial charge in [-0.3, -0.25) is 4.99 Å². The number of aliphatic imine (C=N–C) groups is 1. The molecule has 3 N–H and O–H groups in total. The molecule has 0 radical (unpaired) electrons. The van der Waals surface area contributed by atoms with Crippen LogP contribution in [0.4, 0.5) is 0 Å². The first-order valence-corrected chi connectivity index (χ1v) is 8.67. The molecule has 0 spiro atoms. The molecule has 0 bridgehead atoms. The van der Waals surface area contributed by atoms with Crippen molar-refractivity contribution in [2.75, 3.05) is 13.2 Å². The molecule has 0 aliphatic heterocycles. The molecule has 24 heavy (non-hydrogen) atoms. The summed E-state index contributed by atoms with van der Waals surface area (Å²) in [6.45, 7) is 1.02. The van der Waals surface area contributed by atoms with E-state index in [1.807, 2.05) is 41.8 Å². The van der Waals surface area contributed by atoms with Gasteiger partial charge in [-0.1, -0.05) is 30.3 Å². The highest BCUT2D eigenvalue weighted by atomic mass is 32.1. The van der Waals surface area contributed by atoms with E-state index in [9.17, 15) is 0 Å². The predicted molar refractivity (Wildman–Crippen MR) is 101 cm³/mol. The number of fused-ring (bicyclic) bond motifs is 3. The molecule has 2 heterocycles. The maximum Gasteiger partial charge on any atom is 0.136 e. The Morgan fingerprint density at radius 3 is 2.79 bits per heavy atom. The Balaban J connectivity index is 1.54. The molecule has 0 amide bonds. The fourth-order valence-corrected chi connectivity index (χ4v) is 3.46. The van der Waals surface area contributed by atoms with Crippen molar-refractivity contribution in [2.24, 2.45) is 10.7 Å². The molecular formula is C19H17N3OS. The first-order valence-electron chi connectivity index (χ1n) is 7.79. The number of hydrogen-bond acceptors (Lipinski definition) is 3. The van der Waals surface area contributed by atoms with Gasteiger partial charge in [0.15, 0.2) is 0 Å². The fourth-order valence-electron chi connectivity index (χ4n) is 2.81. The molecule has 2 aromatic carbocycles. The largest absolute Gasteiger partial charge is 0.491 e. The maximum absolute atomic E-state index is 5.97. The van der Waals surface area contributed by atoms with Crippen LogP contribution in [-0.4, -0.2) is 24.0 Å². The standard InChI is InChI=1S/C19H17N3OS/c20-19(17-9-4-12-24-17)21-10-11-23-16-8-3-7-15-18(16)13-5-1-2-6-14(13)22-15/h1-9,12,22H,10-11H2,(H2,20,21). The number of ether oxygens (including phenoxy) is 1. The summed E-state index contributed by atoms with van der Waals surface area (Å²) in [6, 6.07) is 18.2. The van der Waals surface area contributed by atoms with Crippen LogP contribution in [-0.2, 0) is 0 Å². The van der Waals surface area contributed by atoms with E-state index in [1.54, 1.807) is 11.3 Å². The molecule has 5 heteroatoms. The summed E-state index contributed by atoms with van der Waals surface area (Å²) in [5, 5.41) is 4.28. The van der Waals surface area contributed by atoms with Crippen molar-refractivity contribution in [1.82, 2.24) is 4.98 Å². The lowest BCUT2D eigenvalue weighted by Crippen LogP contribution is -2.14. The summed E-state index contributed by atoms with van der Waals surface area (Å²) in [5.74, 6) is 1.44. The van der Waals surface area contributed by atoms with Crippen LogP contribution in [0.5, 0.6) is 5.75 Å². The van der Waals surface area contributed by atoms with Gasteiger partial charge in [-0.15, -0.1) is 11.3 Å². The topological polar surface area (TPSA) is 63.4 Å². The van der Waals surface area contributed by atoms with Crippen molar-refractivity contribution in [2.45, 2.75) is 0 Å². The number of nitrogens with two attached hydrogens (primary N) is 1. The van der Waals surface area contributed by atoms with Gasteiger partial charge in [0.25, 0.3) is 0 Å². The van der Waals surface area contributed by atoms with Gasteiger partial charge in [-0.05, 0) is 29.6 Å². The van der Waals surface area contributed by atoms with Crippen LogP contribution in [0.15, 0.2) is 65.0 Å². The average Bonchev–Trinajstić information content (AvgIpc) is 3.26. The number of H-pyrrole nitrogens is 1. The van der Waals surface area contributed by atoms with E-state index in [0.717, 1.165) is 27.0 Å². The fraction of sp³-hybridized carbons (Fsp3) is 0.105. The Labute approximate surface area is 143 Å². The van der Waals surface area contributed by atoms with Crippen LogP contribution in [0.3, 0.4) is 0 Å². The van der Waals surface area contributed by atoms with Gasteiger partial charge < -0.3 is 15.5 Å². The molecule has 120 valence electrons. The number of aromatic amines is 1. The first kappa shape index (κ1) is 14.8. The van der Waals surface area contributed by atoms with Crippen LogP contribution in [0.2, 0.25) is 0 Å². The number of amidine groups is 1. The molecule has 0 aliphatic carbocycles. The van der Waals surface area contributed by atoms with E-state index in [0.29, 0.717) is 19.0 Å². The normalized spacial score (nSPS) is 12.1. The predicted octanol–water partition coefficient (Wildman–Crippen LogP) is 4.17. The van der Waals surface area contributed by atoms with E-state index in [2.05, 4.69) is 28.2 Å². The second-order valence-electron chi connectivity index (χ2n) is 5.44. The Morgan fingerprint density at radius 2 is 1.92 bits per heavy atom. The van der Waals surface area contributed by atoms with Gasteiger partial charge in [-0.25, -0.2) is 0 Å². The van der Waals surface area contributed by atoms with E-state index in [4.69, 9.17) is 10.5 Å². The third-order valence-electron chi connectivity index (χ3n) is 3.90. The number of para-hydroxylation sites is 1. The van der Waals surface area contributed by atoms with Crippen molar-refractivity contribution < 1.29 is 4.74 Å². The van der Waals surface area contributed by atoms with Crippen molar-refractivity contribution in [1.29, 1.82) is 0 Å². The quantitative estimate of drug-likeness (QED) is 0.327. The molecule has 0 saturated heterocycles. The minimum atomic E-state index is 0.491. The van der Waals surface area contributed by atoms with Crippen molar-refractivity contribution in [3.05, 3.63) is 64.9 Å². The van der Waals surface area contributed by atoms with Crippen molar-refractivity contribution >= 4 is 39.0 Å². The summed E-state index contributed by atoms with van der Waals surface area (Å²) in [6.07, 6.45) is 0. The zero-order chi connectivity index (χ0) is 16.4. The second-order valence-corrected chi connectivity index (χ2v) is 6.39. The van der Waals surface area contributed by atoms with Crippen LogP contribution in [0.25, 0.3) is 21.8 Å². The highest BCUT2D eigenvalue weighted by Gasteiger charge is 2.09. The maximum atomic E-state index is 5.97. The number of nitrogens with zero attached hydrogens (tertiary/aromatic N) is 1. The highest BCUT2D eigenvalue weighted by molar-refractivity contribution is 7.12. The Morgan fingerprint density at radius 1 is 1.04 bits per heavy atom. The monoisotopic (exact) mass is 335 g/mol. The SMILES string of the molecule is NC(=NCCOc1cccc2[nH]c3ccccc3c12)c1cccs1. The molecule has 0 saturated carbocycles. The summed E-state index contributed by atoms with van der Waals surface area (Å²) < 4.78 is 5.97. The molecule has 4 rings (SSSR count). The van der Waals surface area contributed by atoms with E-state index >= 15 is 0 Å². The van der Waals surface area contributed by atoms with Crippen LogP contribution >= 0.6 is 11.3 Å². The summed E-state index contributed by atoms with van der Waals surface area (Å²) in [7, 11) is 0. The van der Waals surface area contributed by atoms with Crippen LogP contribution in [0.1, 0.15) is 4.88 Å². The molecule has 0 unspecified atom stereocenters. The van der Waals surface area contributed by atoms with Crippen molar-refractivity contribution in [3.63, 3.8) is 0 Å². The van der Waals surface area contributed by atoms with E-state index < -0.39 is 0 Å². The number of thiophene rings is 1. The van der Waals surface area contributed by atoms with Gasteiger partial charge in [0.2, 0.25) is 0 Å². The van der Waals surface area contributed by atoms with Gasteiger partial charge in [-0.2, -0.15) is 0 Å². The smallest absolute Gasteiger partial charge is 0.136 e. The Kier molecular flexibility index (Phi) is 3.92. The number of hydrogen-bond donors (Lipinski definition) is 2. The zero-order valence-corrected chi connectivity index (χ0v) is 13.8. The third kappa shape index (κ3) is 2.74. The minimum absolute atomic E-state index is 0.491. The first-order chi connectivity index (χ1) is 11.8. The van der Waals surface area contributed by atoms with Gasteiger partial charge in [0, 0.05) is 16.3 Å². The zero-order valence-electron chi connectivity index (χ0n) is 13.0. The Hall–Kier alpha value is -2.79. The summed E-state index contributed by atoms with van der Waals surface area (Å²) >= 11 is 1.59. The third-order valence-corrected chi connectivity index (χ3v) is 4.79.